The molecule has 0 saturated heterocycles. The third-order valence-corrected chi connectivity index (χ3v) is 10.6. The van der Waals surface area contributed by atoms with Gasteiger partial charge in [0.2, 0.25) is 0 Å². The van der Waals surface area contributed by atoms with Crippen LogP contribution in [0.3, 0.4) is 0 Å². The summed E-state index contributed by atoms with van der Waals surface area (Å²) < 4.78 is 46.6. The molecule has 0 unspecified atom stereocenters. The second-order valence-corrected chi connectivity index (χ2v) is 16.2. The number of aryl methyl sites for hydroxylation is 1. The zero-order chi connectivity index (χ0) is 37.6. The fraction of sp³-hybridized carbons (Fsp3) is 0.213. The van der Waals surface area contributed by atoms with Crippen LogP contribution in [0.5, 0.6) is 0 Å². The Labute approximate surface area is 307 Å². The molecule has 0 aliphatic rings. The summed E-state index contributed by atoms with van der Waals surface area (Å²) in [7, 11) is 0. The molecule has 0 aliphatic heterocycles. The summed E-state index contributed by atoms with van der Waals surface area (Å²) in [6.07, 6.45) is -4.49. The van der Waals surface area contributed by atoms with Gasteiger partial charge in [-0.25, -0.2) is 0 Å². The third kappa shape index (κ3) is 5.58. The summed E-state index contributed by atoms with van der Waals surface area (Å²) in [5.41, 5.74) is 9.04. The Bertz CT molecular complexity index is 2660. The summed E-state index contributed by atoms with van der Waals surface area (Å²) in [6, 6.07) is 39.6. The number of nitriles is 1. The summed E-state index contributed by atoms with van der Waals surface area (Å²) in [6.45, 7) is 14.9. The van der Waals surface area contributed by atoms with Gasteiger partial charge in [-0.15, -0.1) is 0 Å². The van der Waals surface area contributed by atoms with Crippen molar-refractivity contribution in [3.05, 3.63) is 143 Å². The maximum Gasteiger partial charge on any atom is 0.416 e. The molecule has 0 atom stereocenters. The molecule has 2 aromatic heterocycles. The van der Waals surface area contributed by atoms with Crippen LogP contribution in [-0.4, -0.2) is 9.13 Å². The Morgan fingerprint density at radius 2 is 0.943 bits per heavy atom. The number of alkyl halides is 3. The van der Waals surface area contributed by atoms with E-state index in [1.165, 1.54) is 17.2 Å². The highest BCUT2D eigenvalue weighted by atomic mass is 19.4. The lowest BCUT2D eigenvalue weighted by molar-refractivity contribution is -0.137. The van der Waals surface area contributed by atoms with E-state index >= 15 is 0 Å². The number of nitrogens with zero attached hydrogens (tertiary/aromatic N) is 3. The third-order valence-electron chi connectivity index (χ3n) is 10.6. The molecule has 0 bridgehead atoms. The lowest BCUT2D eigenvalue weighted by atomic mass is 9.86. The predicted molar refractivity (Wildman–Crippen MR) is 212 cm³/mol. The van der Waals surface area contributed by atoms with Crippen molar-refractivity contribution in [2.45, 2.75) is 65.5 Å². The number of hydrogen-bond acceptors (Lipinski definition) is 1. The minimum absolute atomic E-state index is 0.0861. The second kappa shape index (κ2) is 11.9. The normalized spacial score (nSPS) is 12.7. The van der Waals surface area contributed by atoms with E-state index in [4.69, 9.17) is 0 Å². The summed E-state index contributed by atoms with van der Waals surface area (Å²) in [5.74, 6) is 0. The van der Waals surface area contributed by atoms with Crippen molar-refractivity contribution in [3.63, 3.8) is 0 Å². The monoisotopic (exact) mass is 703 g/mol. The largest absolute Gasteiger partial charge is 0.416 e. The molecule has 264 valence electrons. The van der Waals surface area contributed by atoms with Gasteiger partial charge in [-0.05, 0) is 101 Å². The number of hydrogen-bond donors (Lipinski definition) is 0. The fourth-order valence-electron chi connectivity index (χ4n) is 7.82. The zero-order valence-electron chi connectivity index (χ0n) is 30.9. The van der Waals surface area contributed by atoms with Crippen molar-refractivity contribution in [1.29, 1.82) is 5.26 Å². The Kier molecular flexibility index (Phi) is 7.68. The Hall–Kier alpha value is -5.80. The molecule has 0 N–H and O–H groups in total. The van der Waals surface area contributed by atoms with E-state index < -0.39 is 11.7 Å². The van der Waals surface area contributed by atoms with Gasteiger partial charge in [0, 0.05) is 27.1 Å². The van der Waals surface area contributed by atoms with Gasteiger partial charge >= 0.3 is 6.18 Å². The lowest BCUT2D eigenvalue weighted by Gasteiger charge is -2.23. The number of para-hydroxylation sites is 2. The predicted octanol–water partition coefficient (Wildman–Crippen LogP) is 13.3. The molecule has 0 fully saturated rings. The number of benzene rings is 6. The van der Waals surface area contributed by atoms with Crippen LogP contribution in [0, 0.1) is 18.3 Å². The van der Waals surface area contributed by atoms with Crippen LogP contribution < -0.4 is 0 Å². The molecule has 2 heterocycles. The van der Waals surface area contributed by atoms with Crippen LogP contribution in [-0.2, 0) is 17.0 Å². The quantitative estimate of drug-likeness (QED) is 0.180. The second-order valence-electron chi connectivity index (χ2n) is 16.2. The molecular weight excluding hydrogens is 664 g/mol. The molecular formula is C47H40F3N3. The van der Waals surface area contributed by atoms with E-state index in [0.29, 0.717) is 28.1 Å². The average Bonchev–Trinajstić information content (AvgIpc) is 3.62. The Balaban J connectivity index is 1.57. The van der Waals surface area contributed by atoms with E-state index in [9.17, 15) is 18.4 Å². The van der Waals surface area contributed by atoms with Gasteiger partial charge in [0.05, 0.1) is 50.6 Å². The van der Waals surface area contributed by atoms with Gasteiger partial charge in [-0.1, -0.05) is 96.1 Å². The van der Waals surface area contributed by atoms with E-state index in [0.717, 1.165) is 55.2 Å². The van der Waals surface area contributed by atoms with Gasteiger partial charge < -0.3 is 9.13 Å². The smallest absolute Gasteiger partial charge is 0.308 e. The molecule has 0 amide bonds. The number of aromatic nitrogens is 2. The van der Waals surface area contributed by atoms with Crippen LogP contribution in [0.1, 0.15) is 69.4 Å². The minimum atomic E-state index is -4.49. The highest BCUT2D eigenvalue weighted by molar-refractivity contribution is 6.12. The summed E-state index contributed by atoms with van der Waals surface area (Å²) >= 11 is 0. The Morgan fingerprint density at radius 1 is 0.509 bits per heavy atom. The van der Waals surface area contributed by atoms with Crippen molar-refractivity contribution < 1.29 is 13.2 Å². The van der Waals surface area contributed by atoms with Crippen molar-refractivity contribution in [3.8, 4) is 28.6 Å². The standard InChI is InChI=1S/C47H40F3N3/c1-28-22-32(47(48,49)50)16-19-33(28)44-42(52-38-14-10-8-12-34(38)36-25-30(45(2,3)4)17-20-40(36)52)23-29(27-51)24-43(44)53-39-15-11-9-13-35(39)37-26-31(46(5,6)7)18-21-41(37)53/h8-26H,1-7H3. The topological polar surface area (TPSA) is 33.6 Å². The molecule has 6 aromatic carbocycles. The van der Waals surface area contributed by atoms with Crippen molar-refractivity contribution >= 4 is 43.6 Å². The first-order valence-corrected chi connectivity index (χ1v) is 17.9. The first-order valence-electron chi connectivity index (χ1n) is 17.9. The van der Waals surface area contributed by atoms with E-state index in [1.807, 2.05) is 36.4 Å². The van der Waals surface area contributed by atoms with Crippen LogP contribution in [0.15, 0.2) is 115 Å². The maximum atomic E-state index is 14.1. The molecule has 3 nitrogen and oxygen atoms in total. The van der Waals surface area contributed by atoms with Crippen molar-refractivity contribution in [2.75, 3.05) is 0 Å². The first kappa shape index (κ1) is 34.3. The molecule has 0 aliphatic carbocycles. The molecule has 6 heteroatoms. The molecule has 0 spiro atoms. The Morgan fingerprint density at radius 3 is 1.36 bits per heavy atom. The fourth-order valence-corrected chi connectivity index (χ4v) is 7.82. The van der Waals surface area contributed by atoms with Crippen LogP contribution in [0.25, 0.3) is 66.1 Å². The van der Waals surface area contributed by atoms with E-state index in [1.54, 1.807) is 13.0 Å². The summed E-state index contributed by atoms with van der Waals surface area (Å²) in [5, 5.41) is 14.9. The van der Waals surface area contributed by atoms with Crippen LogP contribution >= 0.6 is 0 Å². The van der Waals surface area contributed by atoms with Gasteiger partial charge in [0.1, 0.15) is 0 Å². The van der Waals surface area contributed by atoms with Gasteiger partial charge in [0.25, 0.3) is 0 Å². The average molecular weight is 704 g/mol. The molecule has 8 aromatic rings. The number of rotatable bonds is 3. The number of halogens is 3. The van der Waals surface area contributed by atoms with Gasteiger partial charge in [-0.3, -0.25) is 0 Å². The molecule has 0 saturated carbocycles. The lowest BCUT2D eigenvalue weighted by Crippen LogP contribution is -2.11. The first-order chi connectivity index (χ1) is 25.1. The number of fused-ring (bicyclic) bond motifs is 6. The molecule has 0 radical (unpaired) electrons. The van der Waals surface area contributed by atoms with E-state index in [2.05, 4.69) is 117 Å². The van der Waals surface area contributed by atoms with E-state index in [-0.39, 0.29) is 10.8 Å². The minimum Gasteiger partial charge on any atom is -0.308 e. The summed E-state index contributed by atoms with van der Waals surface area (Å²) in [4.78, 5) is 0. The molecule has 53 heavy (non-hydrogen) atoms. The zero-order valence-corrected chi connectivity index (χ0v) is 30.9. The molecule has 8 rings (SSSR count). The van der Waals surface area contributed by atoms with Crippen molar-refractivity contribution in [2.24, 2.45) is 0 Å². The highest BCUT2D eigenvalue weighted by Crippen LogP contribution is 2.45. The van der Waals surface area contributed by atoms with Gasteiger partial charge in [-0.2, -0.15) is 18.4 Å². The van der Waals surface area contributed by atoms with Crippen LogP contribution in [0.2, 0.25) is 0 Å². The highest BCUT2D eigenvalue weighted by Gasteiger charge is 2.32. The van der Waals surface area contributed by atoms with Gasteiger partial charge in [0.15, 0.2) is 0 Å². The van der Waals surface area contributed by atoms with Crippen molar-refractivity contribution in [1.82, 2.24) is 9.13 Å². The van der Waals surface area contributed by atoms with Crippen LogP contribution in [0.4, 0.5) is 13.2 Å². The SMILES string of the molecule is Cc1cc(C(F)(F)F)ccc1-c1c(-n2c3ccccc3c3cc(C(C)(C)C)ccc32)cc(C#N)cc1-n1c2ccccc2c2cc(C(C)(C)C)ccc21. The maximum absolute atomic E-state index is 14.1.